The van der Waals surface area contributed by atoms with Crippen molar-refractivity contribution in [2.45, 2.75) is 72.3 Å². The van der Waals surface area contributed by atoms with Crippen LogP contribution in [0.4, 0.5) is 0 Å². The topological polar surface area (TPSA) is 114 Å². The second-order valence-corrected chi connectivity index (χ2v) is 7.74. The van der Waals surface area contributed by atoms with Crippen molar-refractivity contribution in [2.75, 3.05) is 6.61 Å². The van der Waals surface area contributed by atoms with Crippen LogP contribution in [-0.4, -0.2) is 34.7 Å². The Labute approximate surface area is 183 Å². The molecule has 7 heteroatoms. The van der Waals surface area contributed by atoms with Crippen molar-refractivity contribution in [1.29, 1.82) is 0 Å². The van der Waals surface area contributed by atoms with E-state index >= 15 is 0 Å². The van der Waals surface area contributed by atoms with E-state index in [9.17, 15) is 24.6 Å². The van der Waals surface area contributed by atoms with Crippen LogP contribution in [-0.2, 0) is 9.53 Å². The van der Waals surface area contributed by atoms with Crippen LogP contribution in [0, 0.1) is 5.92 Å². The molecular formula is C24H34O7. The lowest BCUT2D eigenvalue weighted by Crippen LogP contribution is -2.28. The Hall–Kier alpha value is -2.67. The maximum Gasteiger partial charge on any atom is 0.350 e. The molecule has 0 aliphatic rings. The average Bonchev–Trinajstić information content (AvgIpc) is 2.70. The molecule has 0 saturated heterocycles. The van der Waals surface area contributed by atoms with E-state index in [1.54, 1.807) is 19.1 Å². The Bertz CT molecular complexity index is 863. The number of esters is 1. The second kappa shape index (κ2) is 12.9. The largest absolute Gasteiger partial charge is 0.507 e. The summed E-state index contributed by atoms with van der Waals surface area (Å²) in [5.74, 6) is -2.43. The summed E-state index contributed by atoms with van der Waals surface area (Å²) >= 11 is 0. The molecule has 0 aromatic carbocycles. The summed E-state index contributed by atoms with van der Waals surface area (Å²) in [4.78, 5) is 36.4. The molecule has 31 heavy (non-hydrogen) atoms. The zero-order valence-corrected chi connectivity index (χ0v) is 19.0. The predicted molar refractivity (Wildman–Crippen MR) is 118 cm³/mol. The van der Waals surface area contributed by atoms with E-state index in [4.69, 9.17) is 9.15 Å². The molecule has 3 atom stereocenters. The number of aliphatic hydroxyl groups excluding tert-OH is 1. The highest BCUT2D eigenvalue weighted by Crippen LogP contribution is 2.26. The Balaban J connectivity index is 2.91. The minimum absolute atomic E-state index is 0.225. The first-order valence-electron chi connectivity index (χ1n) is 10.7. The van der Waals surface area contributed by atoms with Gasteiger partial charge in [0.25, 0.3) is 0 Å². The van der Waals surface area contributed by atoms with E-state index in [0.29, 0.717) is 19.4 Å². The highest BCUT2D eigenvalue weighted by Gasteiger charge is 2.28. The standard InChI is InChI=1S/C24H34O7/c1-6-10-15(3)13-18(25)17(5)23(28)22-19(26)14-20(31-24(22)29)16(4)11-8-9-12-21(27)30-7-2/h9,12-14,16-18,25-26H,6-8,10-11H2,1-5H3. The molecule has 2 N–H and O–H groups in total. The maximum atomic E-state index is 12.7. The van der Waals surface area contributed by atoms with Gasteiger partial charge in [-0.3, -0.25) is 4.79 Å². The third-order valence-electron chi connectivity index (χ3n) is 5.01. The van der Waals surface area contributed by atoms with Crippen molar-refractivity contribution in [3.05, 3.63) is 51.6 Å². The molecule has 1 heterocycles. The SMILES string of the molecule is CCCC(C)=CC(O)C(C)C(=O)c1c(O)cc(C(C)CCC=CC(=O)OCC)oc1=O. The number of carbonyl (C=O) groups is 2. The molecule has 3 unspecified atom stereocenters. The van der Waals surface area contributed by atoms with Gasteiger partial charge in [-0.25, -0.2) is 9.59 Å². The van der Waals surface area contributed by atoms with Gasteiger partial charge in [-0.2, -0.15) is 0 Å². The lowest BCUT2D eigenvalue weighted by Gasteiger charge is -2.16. The predicted octanol–water partition coefficient (Wildman–Crippen LogP) is 4.27. The molecule has 0 fully saturated rings. The van der Waals surface area contributed by atoms with Crippen LogP contribution in [0.3, 0.4) is 0 Å². The maximum absolute atomic E-state index is 12.7. The Morgan fingerprint density at radius 1 is 1.26 bits per heavy atom. The van der Waals surface area contributed by atoms with Crippen LogP contribution in [0.1, 0.15) is 82.3 Å². The number of aliphatic hydroxyl groups is 1. The number of aromatic hydroxyl groups is 1. The van der Waals surface area contributed by atoms with Gasteiger partial charge >= 0.3 is 11.6 Å². The first-order valence-corrected chi connectivity index (χ1v) is 10.7. The quantitative estimate of drug-likeness (QED) is 0.218. The van der Waals surface area contributed by atoms with E-state index in [0.717, 1.165) is 18.4 Å². The van der Waals surface area contributed by atoms with Crippen LogP contribution >= 0.6 is 0 Å². The highest BCUT2D eigenvalue weighted by molar-refractivity contribution is 6.00. The van der Waals surface area contributed by atoms with Crippen LogP contribution < -0.4 is 5.63 Å². The number of rotatable bonds is 12. The van der Waals surface area contributed by atoms with E-state index in [-0.39, 0.29) is 11.7 Å². The Morgan fingerprint density at radius 3 is 2.52 bits per heavy atom. The lowest BCUT2D eigenvalue weighted by atomic mass is 9.92. The molecule has 1 aromatic rings. The molecule has 172 valence electrons. The third kappa shape index (κ3) is 8.17. The van der Waals surface area contributed by atoms with E-state index in [1.165, 1.54) is 19.1 Å². The van der Waals surface area contributed by atoms with Gasteiger partial charge < -0.3 is 19.4 Å². The summed E-state index contributed by atoms with van der Waals surface area (Å²) in [6.07, 6.45) is 6.36. The van der Waals surface area contributed by atoms with Gasteiger partial charge in [0, 0.05) is 24.0 Å². The van der Waals surface area contributed by atoms with Crippen molar-refractivity contribution in [3.63, 3.8) is 0 Å². The number of hydrogen-bond donors (Lipinski definition) is 2. The fourth-order valence-electron chi connectivity index (χ4n) is 3.12. The molecular weight excluding hydrogens is 400 g/mol. The highest BCUT2D eigenvalue weighted by atomic mass is 16.5. The summed E-state index contributed by atoms with van der Waals surface area (Å²) in [6.45, 7) is 9.23. The molecule has 7 nitrogen and oxygen atoms in total. The van der Waals surface area contributed by atoms with Crippen molar-refractivity contribution in [3.8, 4) is 5.75 Å². The van der Waals surface area contributed by atoms with Crippen LogP contribution in [0.2, 0.25) is 0 Å². The summed E-state index contributed by atoms with van der Waals surface area (Å²) < 4.78 is 10.1. The van der Waals surface area contributed by atoms with Crippen molar-refractivity contribution in [2.24, 2.45) is 5.92 Å². The molecule has 0 radical (unpaired) electrons. The Morgan fingerprint density at radius 2 is 1.94 bits per heavy atom. The zero-order valence-electron chi connectivity index (χ0n) is 19.0. The molecule has 0 saturated carbocycles. The number of ketones is 1. The minimum atomic E-state index is -1.07. The minimum Gasteiger partial charge on any atom is -0.507 e. The Kier molecular flexibility index (Phi) is 11.0. The van der Waals surface area contributed by atoms with Crippen molar-refractivity contribution < 1.29 is 29.0 Å². The van der Waals surface area contributed by atoms with Gasteiger partial charge in [-0.1, -0.05) is 44.9 Å². The summed E-state index contributed by atoms with van der Waals surface area (Å²) in [7, 11) is 0. The molecule has 0 aliphatic carbocycles. The summed E-state index contributed by atoms with van der Waals surface area (Å²) in [6, 6.07) is 1.27. The number of hydrogen-bond acceptors (Lipinski definition) is 7. The van der Waals surface area contributed by atoms with Gasteiger partial charge in [-0.15, -0.1) is 0 Å². The summed E-state index contributed by atoms with van der Waals surface area (Å²) in [5.41, 5.74) is -0.430. The fourth-order valence-corrected chi connectivity index (χ4v) is 3.12. The molecule has 0 bridgehead atoms. The fraction of sp³-hybridized carbons (Fsp3) is 0.542. The van der Waals surface area contributed by atoms with E-state index < -0.39 is 40.7 Å². The van der Waals surface area contributed by atoms with Crippen molar-refractivity contribution in [1.82, 2.24) is 0 Å². The molecule has 0 spiro atoms. The number of carbonyl (C=O) groups excluding carboxylic acids is 2. The normalized spacial score (nSPS) is 15.0. The molecule has 1 aromatic heterocycles. The second-order valence-electron chi connectivity index (χ2n) is 7.74. The van der Waals surface area contributed by atoms with Crippen LogP contribution in [0.5, 0.6) is 5.75 Å². The van der Waals surface area contributed by atoms with Crippen molar-refractivity contribution >= 4 is 11.8 Å². The van der Waals surface area contributed by atoms with Gasteiger partial charge in [0.2, 0.25) is 0 Å². The van der Waals surface area contributed by atoms with Crippen LogP contribution in [0.25, 0.3) is 0 Å². The number of ether oxygens (including phenoxy) is 1. The monoisotopic (exact) mass is 434 g/mol. The molecule has 0 amide bonds. The first kappa shape index (κ1) is 26.4. The van der Waals surface area contributed by atoms with Gasteiger partial charge in [0.05, 0.1) is 12.7 Å². The molecule has 1 rings (SSSR count). The van der Waals surface area contributed by atoms with E-state index in [1.807, 2.05) is 20.8 Å². The van der Waals surface area contributed by atoms with E-state index in [2.05, 4.69) is 0 Å². The number of allylic oxidation sites excluding steroid dienone is 2. The zero-order chi connectivity index (χ0) is 23.6. The van der Waals surface area contributed by atoms with Gasteiger partial charge in [0.1, 0.15) is 17.1 Å². The lowest BCUT2D eigenvalue weighted by molar-refractivity contribution is -0.137. The smallest absolute Gasteiger partial charge is 0.350 e. The first-order chi connectivity index (χ1) is 14.6. The number of Topliss-reactive ketones (excluding diaryl/α,β-unsaturated/α-hetero) is 1. The molecule has 0 aliphatic heterocycles. The summed E-state index contributed by atoms with van der Waals surface area (Å²) in [5, 5.41) is 20.7. The third-order valence-corrected chi connectivity index (χ3v) is 5.01. The van der Waals surface area contributed by atoms with Gasteiger partial charge in [0.15, 0.2) is 5.78 Å². The van der Waals surface area contributed by atoms with Gasteiger partial charge in [-0.05, 0) is 33.1 Å². The average molecular weight is 435 g/mol. The van der Waals surface area contributed by atoms with Crippen LogP contribution in [0.15, 0.2) is 39.1 Å².